The zero-order valence-electron chi connectivity index (χ0n) is 16.2. The molecule has 28 heavy (non-hydrogen) atoms. The van der Waals surface area contributed by atoms with Crippen LogP contribution in [-0.2, 0) is 10.0 Å². The highest BCUT2D eigenvalue weighted by Crippen LogP contribution is 2.23. The van der Waals surface area contributed by atoms with Crippen LogP contribution in [0.15, 0.2) is 41.4 Å². The summed E-state index contributed by atoms with van der Waals surface area (Å²) in [4.78, 5) is 16.9. The van der Waals surface area contributed by atoms with E-state index in [4.69, 9.17) is 0 Å². The normalized spacial score (nSPS) is 13.9. The highest BCUT2D eigenvalue weighted by Gasteiger charge is 2.28. The van der Waals surface area contributed by atoms with Crippen LogP contribution in [0.25, 0.3) is 0 Å². The van der Waals surface area contributed by atoms with Crippen molar-refractivity contribution in [2.24, 2.45) is 0 Å². The Labute approximate surface area is 166 Å². The van der Waals surface area contributed by atoms with E-state index in [1.165, 1.54) is 12.1 Å². The number of aromatic nitrogens is 1. The van der Waals surface area contributed by atoms with Crippen molar-refractivity contribution in [2.75, 3.05) is 18.4 Å². The van der Waals surface area contributed by atoms with Crippen LogP contribution < -0.4 is 15.4 Å². The van der Waals surface area contributed by atoms with Gasteiger partial charge in [-0.1, -0.05) is 12.1 Å². The number of benzene rings is 1. The first-order valence-electron chi connectivity index (χ1n) is 9.43. The Bertz CT molecular complexity index is 938. The number of sulfonamides is 1. The minimum absolute atomic E-state index is 0.0269. The SMILES string of the molecule is Cc1ccc(NCCCNC(=O)c2cc(S(=O)(=O)NC3CC3)ccc2C)nc1. The van der Waals surface area contributed by atoms with E-state index in [2.05, 4.69) is 20.3 Å². The van der Waals surface area contributed by atoms with Crippen molar-refractivity contribution in [1.82, 2.24) is 15.0 Å². The Morgan fingerprint density at radius 3 is 2.61 bits per heavy atom. The number of anilines is 1. The van der Waals surface area contributed by atoms with Crippen LogP contribution in [-0.4, -0.2) is 38.4 Å². The number of hydrogen-bond donors (Lipinski definition) is 3. The molecule has 0 bridgehead atoms. The molecule has 3 N–H and O–H groups in total. The van der Waals surface area contributed by atoms with Crippen molar-refractivity contribution in [1.29, 1.82) is 0 Å². The van der Waals surface area contributed by atoms with Crippen molar-refractivity contribution in [3.63, 3.8) is 0 Å². The van der Waals surface area contributed by atoms with E-state index in [9.17, 15) is 13.2 Å². The number of pyridine rings is 1. The van der Waals surface area contributed by atoms with Gasteiger partial charge in [-0.15, -0.1) is 0 Å². The van der Waals surface area contributed by atoms with E-state index in [-0.39, 0.29) is 16.8 Å². The van der Waals surface area contributed by atoms with Crippen LogP contribution in [0.2, 0.25) is 0 Å². The molecule has 1 fully saturated rings. The van der Waals surface area contributed by atoms with Gasteiger partial charge in [0, 0.05) is 30.9 Å². The molecule has 1 amide bonds. The van der Waals surface area contributed by atoms with Gasteiger partial charge in [-0.05, 0) is 62.4 Å². The van der Waals surface area contributed by atoms with E-state index >= 15 is 0 Å². The first-order valence-corrected chi connectivity index (χ1v) is 10.9. The van der Waals surface area contributed by atoms with Crippen LogP contribution in [0.3, 0.4) is 0 Å². The molecule has 1 aliphatic carbocycles. The van der Waals surface area contributed by atoms with Gasteiger partial charge in [-0.2, -0.15) is 0 Å². The molecular formula is C20H26N4O3S. The number of nitrogens with one attached hydrogen (secondary N) is 3. The molecule has 8 heteroatoms. The molecule has 7 nitrogen and oxygen atoms in total. The fourth-order valence-electron chi connectivity index (χ4n) is 2.68. The molecule has 150 valence electrons. The Morgan fingerprint density at radius 1 is 1.14 bits per heavy atom. The molecule has 1 saturated carbocycles. The summed E-state index contributed by atoms with van der Waals surface area (Å²) < 4.78 is 27.4. The van der Waals surface area contributed by atoms with Crippen molar-refractivity contribution < 1.29 is 13.2 Å². The summed E-state index contributed by atoms with van der Waals surface area (Å²) in [5, 5.41) is 6.05. The Balaban J connectivity index is 1.52. The molecule has 1 aliphatic rings. The predicted molar refractivity (Wildman–Crippen MR) is 109 cm³/mol. The van der Waals surface area contributed by atoms with Crippen molar-refractivity contribution >= 4 is 21.7 Å². The van der Waals surface area contributed by atoms with Gasteiger partial charge >= 0.3 is 0 Å². The lowest BCUT2D eigenvalue weighted by molar-refractivity contribution is 0.0952. The molecule has 0 atom stereocenters. The minimum atomic E-state index is -3.58. The first-order chi connectivity index (χ1) is 13.3. The van der Waals surface area contributed by atoms with E-state index in [1.54, 1.807) is 19.2 Å². The number of carbonyl (C=O) groups excluding carboxylic acids is 1. The summed E-state index contributed by atoms with van der Waals surface area (Å²) in [6, 6.07) is 8.58. The highest BCUT2D eigenvalue weighted by molar-refractivity contribution is 7.89. The van der Waals surface area contributed by atoms with Gasteiger partial charge in [0.25, 0.3) is 5.91 Å². The smallest absolute Gasteiger partial charge is 0.251 e. The number of amides is 1. The molecule has 0 saturated heterocycles. The fraction of sp³-hybridized carbons (Fsp3) is 0.400. The van der Waals surface area contributed by atoms with Gasteiger partial charge in [-0.3, -0.25) is 4.79 Å². The molecule has 0 spiro atoms. The van der Waals surface area contributed by atoms with Gasteiger partial charge in [0.1, 0.15) is 5.82 Å². The summed E-state index contributed by atoms with van der Waals surface area (Å²) in [6.45, 7) is 4.93. The van der Waals surface area contributed by atoms with Crippen LogP contribution in [0, 0.1) is 13.8 Å². The van der Waals surface area contributed by atoms with Gasteiger partial charge in [-0.25, -0.2) is 18.1 Å². The average molecular weight is 403 g/mol. The second-order valence-electron chi connectivity index (χ2n) is 7.13. The summed E-state index contributed by atoms with van der Waals surface area (Å²) >= 11 is 0. The van der Waals surface area contributed by atoms with Gasteiger partial charge < -0.3 is 10.6 Å². The molecule has 1 aromatic heterocycles. The molecule has 0 aliphatic heterocycles. The predicted octanol–water partition coefficient (Wildman–Crippen LogP) is 2.37. The Morgan fingerprint density at radius 2 is 1.93 bits per heavy atom. The Hall–Kier alpha value is -2.45. The van der Waals surface area contributed by atoms with Crippen LogP contribution in [0.4, 0.5) is 5.82 Å². The van der Waals surface area contributed by atoms with E-state index < -0.39 is 10.0 Å². The second-order valence-corrected chi connectivity index (χ2v) is 8.84. The zero-order valence-corrected chi connectivity index (χ0v) is 17.0. The minimum Gasteiger partial charge on any atom is -0.370 e. The van der Waals surface area contributed by atoms with Crippen LogP contribution >= 0.6 is 0 Å². The summed E-state index contributed by atoms with van der Waals surface area (Å²) in [5.41, 5.74) is 2.22. The zero-order chi connectivity index (χ0) is 20.1. The van der Waals surface area contributed by atoms with E-state index in [0.29, 0.717) is 18.7 Å². The lowest BCUT2D eigenvalue weighted by atomic mass is 10.1. The molecule has 1 aromatic carbocycles. The third-order valence-electron chi connectivity index (χ3n) is 4.52. The third-order valence-corrected chi connectivity index (χ3v) is 6.04. The molecule has 0 radical (unpaired) electrons. The summed E-state index contributed by atoms with van der Waals surface area (Å²) in [7, 11) is -3.58. The quantitative estimate of drug-likeness (QED) is 0.559. The maximum Gasteiger partial charge on any atom is 0.251 e. The lowest BCUT2D eigenvalue weighted by Crippen LogP contribution is -2.28. The Kier molecular flexibility index (Phi) is 6.31. The summed E-state index contributed by atoms with van der Waals surface area (Å²) in [5.74, 6) is 0.531. The second kappa shape index (κ2) is 8.70. The summed E-state index contributed by atoms with van der Waals surface area (Å²) in [6.07, 6.45) is 4.25. The van der Waals surface area contributed by atoms with Crippen LogP contribution in [0.1, 0.15) is 40.7 Å². The molecule has 2 aromatic rings. The molecule has 1 heterocycles. The van der Waals surface area contributed by atoms with Crippen LogP contribution in [0.5, 0.6) is 0 Å². The van der Waals surface area contributed by atoms with E-state index in [0.717, 1.165) is 36.2 Å². The molecule has 3 rings (SSSR count). The highest BCUT2D eigenvalue weighted by atomic mass is 32.2. The number of aryl methyl sites for hydroxylation is 2. The number of hydrogen-bond acceptors (Lipinski definition) is 5. The monoisotopic (exact) mass is 402 g/mol. The van der Waals surface area contributed by atoms with Crippen molar-refractivity contribution in [3.05, 3.63) is 53.2 Å². The first kappa shape index (κ1) is 20.3. The standard InChI is InChI=1S/C20H26N4O3S/c1-14-4-9-19(23-13-14)21-10-3-11-22-20(25)18-12-17(8-5-15(18)2)28(26,27)24-16-6-7-16/h4-5,8-9,12-13,16,24H,3,6-7,10-11H2,1-2H3,(H,21,23)(H,22,25). The fourth-order valence-corrected chi connectivity index (χ4v) is 4.01. The van der Waals surface area contributed by atoms with E-state index in [1.807, 2.05) is 19.1 Å². The van der Waals surface area contributed by atoms with Gasteiger partial charge in [0.05, 0.1) is 4.90 Å². The third kappa shape index (κ3) is 5.53. The topological polar surface area (TPSA) is 100 Å². The lowest BCUT2D eigenvalue weighted by Gasteiger charge is -2.11. The number of rotatable bonds is 9. The maximum atomic E-state index is 12.5. The van der Waals surface area contributed by atoms with Crippen molar-refractivity contribution in [2.45, 2.75) is 44.0 Å². The molecular weight excluding hydrogens is 376 g/mol. The van der Waals surface area contributed by atoms with Gasteiger partial charge in [0.15, 0.2) is 0 Å². The number of carbonyl (C=O) groups is 1. The largest absolute Gasteiger partial charge is 0.370 e. The maximum absolute atomic E-state index is 12.5. The average Bonchev–Trinajstić information content (AvgIpc) is 3.46. The van der Waals surface area contributed by atoms with Crippen molar-refractivity contribution in [3.8, 4) is 0 Å². The molecule has 0 unspecified atom stereocenters. The number of nitrogens with zero attached hydrogens (tertiary/aromatic N) is 1. The van der Waals surface area contributed by atoms with Gasteiger partial charge in [0.2, 0.25) is 10.0 Å².